The summed E-state index contributed by atoms with van der Waals surface area (Å²) in [6.45, 7) is 7.86. The average molecular weight is 610 g/mol. The van der Waals surface area contributed by atoms with Gasteiger partial charge in [0.15, 0.2) is 0 Å². The van der Waals surface area contributed by atoms with Gasteiger partial charge < -0.3 is 19.3 Å². The van der Waals surface area contributed by atoms with Crippen LogP contribution in [0.2, 0.25) is 10.0 Å². The van der Waals surface area contributed by atoms with E-state index in [-0.39, 0.29) is 30.6 Å². The Labute approximate surface area is 260 Å². The minimum absolute atomic E-state index is 0.00845. The van der Waals surface area contributed by atoms with Gasteiger partial charge in [0.2, 0.25) is 5.91 Å². The summed E-state index contributed by atoms with van der Waals surface area (Å²) in [5.74, 6) is 0.756. The second-order valence-corrected chi connectivity index (χ2v) is 13.0. The number of amides is 1. The molecule has 0 spiro atoms. The summed E-state index contributed by atoms with van der Waals surface area (Å²) < 4.78 is 12.7. The number of carbonyl (C=O) groups is 1. The van der Waals surface area contributed by atoms with Crippen molar-refractivity contribution in [1.82, 2.24) is 9.80 Å². The quantitative estimate of drug-likeness (QED) is 0.208. The lowest BCUT2D eigenvalue weighted by atomic mass is 9.68. The maximum atomic E-state index is 13.7. The van der Waals surface area contributed by atoms with Crippen molar-refractivity contribution in [3.63, 3.8) is 0 Å². The summed E-state index contributed by atoms with van der Waals surface area (Å²) in [7, 11) is 1.85. The lowest BCUT2D eigenvalue weighted by Crippen LogP contribution is -2.48. The van der Waals surface area contributed by atoms with Crippen molar-refractivity contribution in [3.05, 3.63) is 99.5 Å². The fourth-order valence-corrected chi connectivity index (χ4v) is 6.68. The zero-order chi connectivity index (χ0) is 29.7. The molecule has 1 amide bonds. The fourth-order valence-electron chi connectivity index (χ4n) is 6.37. The van der Waals surface area contributed by atoms with Crippen LogP contribution in [0.3, 0.4) is 0 Å². The van der Waals surface area contributed by atoms with Crippen molar-refractivity contribution in [2.75, 3.05) is 33.3 Å². The third kappa shape index (κ3) is 7.68. The molecule has 2 atom stereocenters. The average Bonchev–Trinajstić information content (AvgIpc) is 2.99. The van der Waals surface area contributed by atoms with Gasteiger partial charge in [0.05, 0.1) is 41.3 Å². The minimum Gasteiger partial charge on any atom is -0.491 e. The molecular formula is C35H42Cl2N2O3. The van der Waals surface area contributed by atoms with Gasteiger partial charge in [-0.1, -0.05) is 71.7 Å². The normalized spacial score (nSPS) is 21.2. The van der Waals surface area contributed by atoms with Crippen LogP contribution in [0.5, 0.6) is 5.75 Å². The summed E-state index contributed by atoms with van der Waals surface area (Å²) in [6.07, 6.45) is 4.89. The van der Waals surface area contributed by atoms with Crippen LogP contribution in [-0.4, -0.2) is 55.1 Å². The molecule has 0 saturated carbocycles. The number of benzene rings is 3. The molecule has 42 heavy (non-hydrogen) atoms. The van der Waals surface area contributed by atoms with E-state index in [2.05, 4.69) is 29.2 Å². The van der Waals surface area contributed by atoms with Gasteiger partial charge in [-0.05, 0) is 106 Å². The molecule has 3 aliphatic heterocycles. The molecule has 3 heterocycles. The van der Waals surface area contributed by atoms with Crippen molar-refractivity contribution in [2.45, 2.75) is 64.2 Å². The molecule has 3 fully saturated rings. The van der Waals surface area contributed by atoms with E-state index in [4.69, 9.17) is 32.7 Å². The van der Waals surface area contributed by atoms with Crippen LogP contribution in [0, 0.1) is 5.41 Å². The van der Waals surface area contributed by atoms with Crippen LogP contribution in [0.15, 0.2) is 72.8 Å². The van der Waals surface area contributed by atoms with Crippen molar-refractivity contribution >= 4 is 29.1 Å². The first-order valence-corrected chi connectivity index (χ1v) is 15.8. The number of nitrogens with zero attached hydrogens (tertiary/aromatic N) is 2. The Morgan fingerprint density at radius 2 is 1.62 bits per heavy atom. The number of ether oxygens (including phenoxy) is 2. The minimum atomic E-state index is -0.334. The molecule has 0 aliphatic carbocycles. The topological polar surface area (TPSA) is 42.0 Å². The SMILES string of the molecule is CC(C)Oc1cccc(CC(=O)N(C)C(COC(CC23CCN(CC2)CC3)c2ccccc2)c2ccc(Cl)c(Cl)c2)c1. The Balaban J connectivity index is 1.37. The number of carbonyl (C=O) groups excluding carboxylic acids is 1. The first-order valence-electron chi connectivity index (χ1n) is 15.1. The van der Waals surface area contributed by atoms with Crippen molar-refractivity contribution in [2.24, 2.45) is 5.41 Å². The van der Waals surface area contributed by atoms with E-state index in [1.54, 1.807) is 11.0 Å². The summed E-state index contributed by atoms with van der Waals surface area (Å²) in [4.78, 5) is 18.1. The number of piperidine rings is 3. The van der Waals surface area contributed by atoms with E-state index in [1.165, 1.54) is 44.5 Å². The maximum absolute atomic E-state index is 13.7. The zero-order valence-electron chi connectivity index (χ0n) is 24.9. The van der Waals surface area contributed by atoms with E-state index in [9.17, 15) is 4.79 Å². The Morgan fingerprint density at radius 1 is 0.905 bits per heavy atom. The monoisotopic (exact) mass is 608 g/mol. The summed E-state index contributed by atoms with van der Waals surface area (Å²) in [5, 5.41) is 0.951. The summed E-state index contributed by atoms with van der Waals surface area (Å²) in [5.41, 5.74) is 3.29. The summed E-state index contributed by atoms with van der Waals surface area (Å²) >= 11 is 12.7. The molecule has 3 saturated heterocycles. The highest BCUT2D eigenvalue weighted by Crippen LogP contribution is 2.47. The van der Waals surface area contributed by atoms with E-state index in [1.807, 2.05) is 63.4 Å². The molecular weight excluding hydrogens is 567 g/mol. The maximum Gasteiger partial charge on any atom is 0.227 e. The van der Waals surface area contributed by atoms with Crippen LogP contribution in [0.1, 0.15) is 68.4 Å². The molecule has 7 heteroatoms. The standard InChI is InChI=1S/C35H42Cl2N2O3/c1-25(2)42-29-11-7-8-26(20-29)21-34(40)38(3)32(28-12-13-30(36)31(37)22-28)24-41-33(27-9-5-4-6-10-27)23-35-14-17-39(18-15-35)19-16-35/h4-13,20,22,25,32-33H,14-19,21,23-24H2,1-3H3. The smallest absolute Gasteiger partial charge is 0.227 e. The highest BCUT2D eigenvalue weighted by molar-refractivity contribution is 6.42. The van der Waals surface area contributed by atoms with Crippen molar-refractivity contribution < 1.29 is 14.3 Å². The molecule has 0 radical (unpaired) electrons. The van der Waals surface area contributed by atoms with Gasteiger partial charge in [0, 0.05) is 7.05 Å². The van der Waals surface area contributed by atoms with Gasteiger partial charge in [0.25, 0.3) is 0 Å². The molecule has 6 rings (SSSR count). The molecule has 2 unspecified atom stereocenters. The molecule has 3 aromatic rings. The second-order valence-electron chi connectivity index (χ2n) is 12.2. The van der Waals surface area contributed by atoms with Crippen molar-refractivity contribution in [3.8, 4) is 5.75 Å². The van der Waals surface area contributed by atoms with E-state index >= 15 is 0 Å². The predicted molar refractivity (Wildman–Crippen MR) is 170 cm³/mol. The van der Waals surface area contributed by atoms with E-state index in [0.29, 0.717) is 22.1 Å². The number of hydrogen-bond acceptors (Lipinski definition) is 4. The molecule has 0 aromatic heterocycles. The number of hydrogen-bond donors (Lipinski definition) is 0. The number of fused-ring (bicyclic) bond motifs is 3. The Morgan fingerprint density at radius 3 is 2.29 bits per heavy atom. The van der Waals surface area contributed by atoms with Gasteiger partial charge >= 0.3 is 0 Å². The predicted octanol–water partition coefficient (Wildman–Crippen LogP) is 8.16. The Kier molecular flexibility index (Phi) is 10.2. The van der Waals surface area contributed by atoms with Gasteiger partial charge in [-0.15, -0.1) is 0 Å². The number of likely N-dealkylation sites (N-methyl/N-ethyl adjacent to an activating group) is 1. The largest absolute Gasteiger partial charge is 0.491 e. The molecule has 5 nitrogen and oxygen atoms in total. The summed E-state index contributed by atoms with van der Waals surface area (Å²) in [6, 6.07) is 23.5. The van der Waals surface area contributed by atoms with Gasteiger partial charge in [-0.3, -0.25) is 4.79 Å². The lowest BCUT2D eigenvalue weighted by Gasteiger charge is -2.49. The molecule has 2 bridgehead atoms. The first kappa shape index (κ1) is 30.9. The van der Waals surface area contributed by atoms with Crippen LogP contribution < -0.4 is 4.74 Å². The Hall–Kier alpha value is -2.57. The Bertz CT molecular complexity index is 1330. The van der Waals surface area contributed by atoms with Gasteiger partial charge in [0.1, 0.15) is 5.75 Å². The van der Waals surface area contributed by atoms with E-state index < -0.39 is 0 Å². The van der Waals surface area contributed by atoms with Crippen LogP contribution in [0.4, 0.5) is 0 Å². The highest BCUT2D eigenvalue weighted by atomic mass is 35.5. The second kappa shape index (κ2) is 13.8. The molecule has 224 valence electrons. The van der Waals surface area contributed by atoms with Crippen molar-refractivity contribution in [1.29, 1.82) is 0 Å². The number of halogens is 2. The van der Waals surface area contributed by atoms with Gasteiger partial charge in [-0.2, -0.15) is 0 Å². The third-order valence-electron chi connectivity index (χ3n) is 8.94. The van der Waals surface area contributed by atoms with Gasteiger partial charge in [-0.25, -0.2) is 0 Å². The first-order chi connectivity index (χ1) is 20.2. The molecule has 0 N–H and O–H groups in total. The molecule has 3 aliphatic rings. The van der Waals surface area contributed by atoms with E-state index in [0.717, 1.165) is 23.3 Å². The fraction of sp³-hybridized carbons (Fsp3) is 0.457. The van der Waals surface area contributed by atoms with Crippen LogP contribution in [-0.2, 0) is 16.0 Å². The third-order valence-corrected chi connectivity index (χ3v) is 9.67. The van der Waals surface area contributed by atoms with Crippen LogP contribution in [0.25, 0.3) is 0 Å². The highest BCUT2D eigenvalue weighted by Gasteiger charge is 2.41. The number of rotatable bonds is 12. The molecule has 3 aromatic carbocycles. The zero-order valence-corrected chi connectivity index (χ0v) is 26.4. The lowest BCUT2D eigenvalue weighted by molar-refractivity contribution is -0.134. The van der Waals surface area contributed by atoms with Crippen LogP contribution >= 0.6 is 23.2 Å².